The first-order valence-electron chi connectivity index (χ1n) is 13.0. The van der Waals surface area contributed by atoms with Gasteiger partial charge in [0.25, 0.3) is 0 Å². The Labute approximate surface area is 207 Å². The first-order valence-corrected chi connectivity index (χ1v) is 13.0. The monoisotopic (exact) mass is 496 g/mol. The normalized spacial score (nSPS) is 48.3. The average molecular weight is 497 g/mol. The van der Waals surface area contributed by atoms with Gasteiger partial charge >= 0.3 is 0 Å². The molecule has 0 aromatic heterocycles. The fourth-order valence-electron chi connectivity index (χ4n) is 8.31. The predicted molar refractivity (Wildman–Crippen MR) is 128 cm³/mol. The number of carbonyl (C=O) groups is 1. The molecule has 3 saturated carbocycles. The molecule has 8 heteroatoms. The van der Waals surface area contributed by atoms with E-state index in [-0.39, 0.29) is 25.2 Å². The van der Waals surface area contributed by atoms with Gasteiger partial charge < -0.3 is 35.7 Å². The molecule has 0 aromatic carbocycles. The van der Waals surface area contributed by atoms with Gasteiger partial charge in [-0.2, -0.15) is 0 Å². The zero-order valence-corrected chi connectivity index (χ0v) is 21.7. The quantitative estimate of drug-likeness (QED) is 0.297. The van der Waals surface area contributed by atoms with E-state index in [2.05, 4.69) is 0 Å². The van der Waals surface area contributed by atoms with E-state index in [1.54, 1.807) is 27.7 Å². The number of hydrogen-bond donors (Lipinski definition) is 7. The first kappa shape index (κ1) is 27.2. The van der Waals surface area contributed by atoms with Gasteiger partial charge in [-0.1, -0.05) is 13.8 Å². The summed E-state index contributed by atoms with van der Waals surface area (Å²) in [7, 11) is 0. The zero-order valence-electron chi connectivity index (χ0n) is 21.7. The number of ketones is 1. The Morgan fingerprint density at radius 3 is 2.17 bits per heavy atom. The van der Waals surface area contributed by atoms with Gasteiger partial charge in [-0.15, -0.1) is 0 Å². The van der Waals surface area contributed by atoms with Gasteiger partial charge in [0.1, 0.15) is 5.60 Å². The minimum absolute atomic E-state index is 0.0437. The molecule has 0 heterocycles. The zero-order chi connectivity index (χ0) is 26.4. The fourth-order valence-corrected chi connectivity index (χ4v) is 8.31. The molecule has 7 N–H and O–H groups in total. The van der Waals surface area contributed by atoms with Gasteiger partial charge in [-0.3, -0.25) is 4.79 Å². The van der Waals surface area contributed by atoms with E-state index in [1.165, 1.54) is 6.08 Å². The first-order chi connectivity index (χ1) is 15.8. The minimum atomic E-state index is -1.82. The van der Waals surface area contributed by atoms with E-state index in [9.17, 15) is 40.5 Å². The van der Waals surface area contributed by atoms with Crippen LogP contribution in [0.4, 0.5) is 0 Å². The Morgan fingerprint density at radius 2 is 1.57 bits per heavy atom. The second-order valence-corrected chi connectivity index (χ2v) is 13.3. The van der Waals surface area contributed by atoms with Crippen molar-refractivity contribution < 1.29 is 40.5 Å². The number of hydrogen-bond acceptors (Lipinski definition) is 8. The van der Waals surface area contributed by atoms with Crippen molar-refractivity contribution in [3.8, 4) is 0 Å². The van der Waals surface area contributed by atoms with Crippen molar-refractivity contribution in [2.24, 2.45) is 22.7 Å². The van der Waals surface area contributed by atoms with Crippen molar-refractivity contribution in [3.05, 3.63) is 11.6 Å². The Morgan fingerprint density at radius 1 is 0.971 bits per heavy atom. The van der Waals surface area contributed by atoms with E-state index in [4.69, 9.17) is 0 Å². The molecule has 0 amide bonds. The third-order valence-corrected chi connectivity index (χ3v) is 10.7. The summed E-state index contributed by atoms with van der Waals surface area (Å²) in [5.41, 5.74) is -7.07. The molecule has 0 bridgehead atoms. The van der Waals surface area contributed by atoms with E-state index in [1.807, 2.05) is 6.92 Å². The smallest absolute Gasteiger partial charge is 0.187 e. The molecule has 200 valence electrons. The largest absolute Gasteiger partial charge is 0.390 e. The van der Waals surface area contributed by atoms with E-state index < -0.39 is 63.2 Å². The van der Waals surface area contributed by atoms with Crippen LogP contribution in [0.2, 0.25) is 0 Å². The molecule has 4 aliphatic rings. The molecule has 4 rings (SSSR count). The van der Waals surface area contributed by atoms with Crippen LogP contribution in [0.15, 0.2) is 11.6 Å². The molecule has 3 fully saturated rings. The van der Waals surface area contributed by atoms with Crippen molar-refractivity contribution in [3.63, 3.8) is 0 Å². The predicted octanol–water partition coefficient (Wildman–Crippen LogP) is 0.969. The second kappa shape index (κ2) is 8.06. The summed E-state index contributed by atoms with van der Waals surface area (Å²) in [6.07, 6.45) is 0.0884. The van der Waals surface area contributed by atoms with E-state index in [0.29, 0.717) is 37.7 Å². The summed E-state index contributed by atoms with van der Waals surface area (Å²) in [6.45, 7) is 8.58. The molecular weight excluding hydrogens is 452 g/mol. The van der Waals surface area contributed by atoms with Gasteiger partial charge in [0.2, 0.25) is 0 Å². The summed E-state index contributed by atoms with van der Waals surface area (Å²) in [5.74, 6) is -1.38. The Bertz CT molecular complexity index is 907. The van der Waals surface area contributed by atoms with Gasteiger partial charge in [-0.05, 0) is 89.2 Å². The fraction of sp³-hybridized carbons (Fsp3) is 0.889. The maximum absolute atomic E-state index is 13.3. The summed E-state index contributed by atoms with van der Waals surface area (Å²) < 4.78 is 0. The second-order valence-electron chi connectivity index (χ2n) is 13.3. The van der Waals surface area contributed by atoms with Gasteiger partial charge in [0.15, 0.2) is 5.78 Å². The maximum atomic E-state index is 13.3. The highest BCUT2D eigenvalue weighted by Gasteiger charge is 2.71. The van der Waals surface area contributed by atoms with E-state index >= 15 is 0 Å². The third-order valence-electron chi connectivity index (χ3n) is 10.7. The van der Waals surface area contributed by atoms with Crippen LogP contribution in [-0.4, -0.2) is 82.2 Å². The molecule has 35 heavy (non-hydrogen) atoms. The summed E-state index contributed by atoms with van der Waals surface area (Å²) >= 11 is 0. The Balaban J connectivity index is 1.70. The van der Waals surface area contributed by atoms with Gasteiger partial charge in [0.05, 0.1) is 35.1 Å². The van der Waals surface area contributed by atoms with Crippen molar-refractivity contribution in [1.82, 2.24) is 0 Å². The van der Waals surface area contributed by atoms with Crippen LogP contribution in [0.5, 0.6) is 0 Å². The molecule has 0 aliphatic heterocycles. The molecule has 0 radical (unpaired) electrons. The molecule has 0 saturated heterocycles. The highest BCUT2D eigenvalue weighted by atomic mass is 16.3. The maximum Gasteiger partial charge on any atom is 0.187 e. The molecule has 10 atom stereocenters. The minimum Gasteiger partial charge on any atom is -0.390 e. The van der Waals surface area contributed by atoms with Gasteiger partial charge in [-0.25, -0.2) is 0 Å². The SMILES string of the molecule is CC(C)(O)CC[C@@H](O)[C@](C)(O)C1CC[C@@]2(O)C3=CC(=O)[C@]4(O)C[C@H](O)[C@H](O)C[C@]4(C)C3CC[C@]12C. The molecular formula is C27H44O8. The van der Waals surface area contributed by atoms with Crippen LogP contribution in [0, 0.1) is 22.7 Å². The van der Waals surface area contributed by atoms with Crippen LogP contribution in [0.1, 0.15) is 86.0 Å². The van der Waals surface area contributed by atoms with E-state index in [0.717, 1.165) is 0 Å². The van der Waals surface area contributed by atoms with Crippen molar-refractivity contribution in [2.45, 2.75) is 127 Å². The van der Waals surface area contributed by atoms with Crippen molar-refractivity contribution in [1.29, 1.82) is 0 Å². The lowest BCUT2D eigenvalue weighted by Gasteiger charge is -2.62. The highest BCUT2D eigenvalue weighted by Crippen LogP contribution is 2.69. The number of aliphatic hydroxyl groups excluding tert-OH is 3. The van der Waals surface area contributed by atoms with Crippen molar-refractivity contribution >= 4 is 5.78 Å². The topological polar surface area (TPSA) is 159 Å². The molecule has 4 aliphatic carbocycles. The molecule has 2 unspecified atom stereocenters. The van der Waals surface area contributed by atoms with Crippen LogP contribution in [0.3, 0.4) is 0 Å². The van der Waals surface area contributed by atoms with Crippen LogP contribution in [0.25, 0.3) is 0 Å². The lowest BCUT2D eigenvalue weighted by Crippen LogP contribution is -2.69. The number of rotatable bonds is 5. The summed E-state index contributed by atoms with van der Waals surface area (Å²) in [4.78, 5) is 13.3. The lowest BCUT2D eigenvalue weighted by molar-refractivity contribution is -0.211. The van der Waals surface area contributed by atoms with Gasteiger partial charge in [0, 0.05) is 17.3 Å². The number of fused-ring (bicyclic) bond motifs is 5. The third kappa shape index (κ3) is 3.70. The molecule has 8 nitrogen and oxygen atoms in total. The van der Waals surface area contributed by atoms with Crippen LogP contribution >= 0.6 is 0 Å². The summed E-state index contributed by atoms with van der Waals surface area (Å²) in [5, 5.41) is 77.0. The average Bonchev–Trinajstić information content (AvgIpc) is 3.01. The standard InChI is InChI=1S/C27H44O8/c1-22(2,32)9-8-20(30)25(5,33)19-7-11-26(34)16-12-21(31)27(35)14-18(29)17(28)13-24(27,4)15(16)6-10-23(19,26)3/h12,15,17-20,28-30,32-35H,6-11,13-14H2,1-5H3/t15?,17-,18+,19?,20-,23-,24-,25-,26-,27-/m1/s1. The Hall–Kier alpha value is -0.870. The van der Waals surface area contributed by atoms with Crippen LogP contribution < -0.4 is 0 Å². The lowest BCUT2D eigenvalue weighted by atomic mass is 9.44. The van der Waals surface area contributed by atoms with Crippen LogP contribution in [-0.2, 0) is 4.79 Å². The number of aliphatic hydroxyl groups is 7. The summed E-state index contributed by atoms with van der Waals surface area (Å²) in [6, 6.07) is 0. The highest BCUT2D eigenvalue weighted by molar-refractivity contribution is 6.00. The molecule has 0 aromatic rings. The molecule has 0 spiro atoms. The Kier molecular flexibility index (Phi) is 6.26. The number of carbonyl (C=O) groups excluding carboxylic acids is 1. The van der Waals surface area contributed by atoms with Crippen molar-refractivity contribution in [2.75, 3.05) is 0 Å².